The van der Waals surface area contributed by atoms with Crippen molar-refractivity contribution in [2.75, 3.05) is 7.05 Å². The number of carbonyl (C=O) groups is 1. The maximum Gasteiger partial charge on any atom is 0.269 e. The largest absolute Gasteiger partial charge is 0.341 e. The van der Waals surface area contributed by atoms with Crippen LogP contribution in [0.2, 0.25) is 0 Å². The molecule has 1 aromatic heterocycles. The third-order valence-electron chi connectivity index (χ3n) is 5.21. The molecule has 2 unspecified atom stereocenters. The summed E-state index contributed by atoms with van der Waals surface area (Å²) in [5.41, 5.74) is 1.37. The number of amides is 1. The van der Waals surface area contributed by atoms with Gasteiger partial charge in [0.05, 0.1) is 11.9 Å². The lowest BCUT2D eigenvalue weighted by molar-refractivity contribution is -0.134. The van der Waals surface area contributed by atoms with Crippen LogP contribution in [0.15, 0.2) is 47.5 Å². The minimum Gasteiger partial charge on any atom is -0.341 e. The van der Waals surface area contributed by atoms with Crippen molar-refractivity contribution >= 4 is 5.91 Å². The van der Waals surface area contributed by atoms with Crippen LogP contribution >= 0.6 is 0 Å². The molecule has 0 bridgehead atoms. The molecule has 1 aliphatic rings. The zero-order chi connectivity index (χ0) is 17.8. The monoisotopic (exact) mass is 339 g/mol. The third-order valence-corrected chi connectivity index (χ3v) is 5.21. The number of hydrogen-bond donors (Lipinski definition) is 0. The van der Waals surface area contributed by atoms with Gasteiger partial charge in [-0.25, -0.2) is 4.98 Å². The van der Waals surface area contributed by atoms with E-state index in [9.17, 15) is 9.59 Å². The van der Waals surface area contributed by atoms with Crippen LogP contribution in [-0.4, -0.2) is 33.4 Å². The average molecular weight is 339 g/mol. The summed E-state index contributed by atoms with van der Waals surface area (Å²) in [6.07, 6.45) is 7.58. The van der Waals surface area contributed by atoms with Crippen LogP contribution in [0.25, 0.3) is 11.3 Å². The van der Waals surface area contributed by atoms with Crippen LogP contribution < -0.4 is 5.56 Å². The van der Waals surface area contributed by atoms with Gasteiger partial charge in [-0.1, -0.05) is 50.1 Å². The fraction of sp³-hybridized carbons (Fsp3) is 0.450. The molecule has 0 aliphatic heterocycles. The molecule has 2 atom stereocenters. The molecule has 1 heterocycles. The summed E-state index contributed by atoms with van der Waals surface area (Å²) < 4.78 is 1.46. The highest BCUT2D eigenvalue weighted by Gasteiger charge is 2.27. The number of likely N-dealkylation sites (N-methyl/N-ethyl adjacent to an activating group) is 1. The van der Waals surface area contributed by atoms with Crippen LogP contribution in [0.4, 0.5) is 0 Å². The Hall–Kier alpha value is -2.43. The molecule has 1 fully saturated rings. The maximum absolute atomic E-state index is 12.7. The van der Waals surface area contributed by atoms with Crippen molar-refractivity contribution in [3.05, 3.63) is 53.1 Å². The molecule has 25 heavy (non-hydrogen) atoms. The summed E-state index contributed by atoms with van der Waals surface area (Å²) in [7, 11) is 1.86. The quantitative estimate of drug-likeness (QED) is 0.860. The molecular weight excluding hydrogens is 314 g/mol. The van der Waals surface area contributed by atoms with Gasteiger partial charge in [0.25, 0.3) is 5.56 Å². The van der Waals surface area contributed by atoms with Crippen molar-refractivity contribution in [1.82, 2.24) is 14.5 Å². The second-order valence-electron chi connectivity index (χ2n) is 6.94. The van der Waals surface area contributed by atoms with E-state index in [2.05, 4.69) is 11.9 Å². The van der Waals surface area contributed by atoms with E-state index in [0.29, 0.717) is 11.6 Å². The van der Waals surface area contributed by atoms with E-state index in [-0.39, 0.29) is 24.1 Å². The van der Waals surface area contributed by atoms with Crippen molar-refractivity contribution in [3.63, 3.8) is 0 Å². The van der Waals surface area contributed by atoms with Gasteiger partial charge in [0.15, 0.2) is 0 Å². The van der Waals surface area contributed by atoms with Gasteiger partial charge in [-0.2, -0.15) is 0 Å². The highest BCUT2D eigenvalue weighted by Crippen LogP contribution is 2.27. The first-order chi connectivity index (χ1) is 12.1. The van der Waals surface area contributed by atoms with E-state index < -0.39 is 0 Å². The molecule has 0 spiro atoms. The summed E-state index contributed by atoms with van der Waals surface area (Å²) in [4.78, 5) is 30.9. The predicted molar refractivity (Wildman–Crippen MR) is 98.1 cm³/mol. The first-order valence-electron chi connectivity index (χ1n) is 8.94. The van der Waals surface area contributed by atoms with Gasteiger partial charge in [0.2, 0.25) is 5.91 Å². The molecule has 132 valence electrons. The van der Waals surface area contributed by atoms with Crippen LogP contribution in [0.1, 0.15) is 32.6 Å². The topological polar surface area (TPSA) is 55.2 Å². The summed E-state index contributed by atoms with van der Waals surface area (Å²) in [5.74, 6) is 0.489. The molecular formula is C20H25N3O2. The lowest BCUT2D eigenvalue weighted by Gasteiger charge is -2.36. The average Bonchev–Trinajstić information content (AvgIpc) is 2.64. The van der Waals surface area contributed by atoms with Crippen molar-refractivity contribution in [2.24, 2.45) is 5.92 Å². The number of rotatable bonds is 4. The Morgan fingerprint density at radius 2 is 1.96 bits per heavy atom. The Morgan fingerprint density at radius 1 is 1.24 bits per heavy atom. The lowest BCUT2D eigenvalue weighted by Crippen LogP contribution is -2.44. The predicted octanol–water partition coefficient (Wildman–Crippen LogP) is 2.95. The Labute approximate surface area is 148 Å². The second kappa shape index (κ2) is 7.64. The van der Waals surface area contributed by atoms with Crippen LogP contribution in [0.5, 0.6) is 0 Å². The standard InChI is InChI=1S/C20H25N3O2/c1-15-8-6-7-11-18(15)22(2)20(25)14-23-13-17(21-12-19(23)24)16-9-4-3-5-10-16/h3-5,9-10,12-13,15,18H,6-8,11,14H2,1-2H3. The van der Waals surface area contributed by atoms with Crippen molar-refractivity contribution in [1.29, 1.82) is 0 Å². The molecule has 5 nitrogen and oxygen atoms in total. The Morgan fingerprint density at radius 3 is 2.68 bits per heavy atom. The molecule has 1 aromatic carbocycles. The Kier molecular flexibility index (Phi) is 5.31. The number of nitrogens with zero attached hydrogens (tertiary/aromatic N) is 3. The first-order valence-corrected chi connectivity index (χ1v) is 8.94. The number of carbonyl (C=O) groups excluding carboxylic acids is 1. The van der Waals surface area contributed by atoms with E-state index in [0.717, 1.165) is 18.4 Å². The van der Waals surface area contributed by atoms with E-state index in [1.165, 1.54) is 23.6 Å². The van der Waals surface area contributed by atoms with E-state index in [1.807, 2.05) is 42.3 Å². The normalized spacial score (nSPS) is 20.2. The fourth-order valence-electron chi connectivity index (χ4n) is 3.64. The molecule has 0 N–H and O–H groups in total. The minimum absolute atomic E-state index is 0.0222. The lowest BCUT2D eigenvalue weighted by atomic mass is 9.85. The summed E-state index contributed by atoms with van der Waals surface area (Å²) in [5, 5.41) is 0. The van der Waals surface area contributed by atoms with Gasteiger partial charge in [0.1, 0.15) is 6.54 Å². The van der Waals surface area contributed by atoms with E-state index in [1.54, 1.807) is 6.20 Å². The van der Waals surface area contributed by atoms with Gasteiger partial charge in [-0.3, -0.25) is 9.59 Å². The van der Waals surface area contributed by atoms with Crippen LogP contribution in [0.3, 0.4) is 0 Å². The molecule has 5 heteroatoms. The molecule has 3 rings (SSSR count). The van der Waals surface area contributed by atoms with Crippen molar-refractivity contribution in [2.45, 2.75) is 45.2 Å². The van der Waals surface area contributed by atoms with Gasteiger partial charge in [-0.15, -0.1) is 0 Å². The Balaban J connectivity index is 1.78. The zero-order valence-electron chi connectivity index (χ0n) is 14.9. The smallest absolute Gasteiger partial charge is 0.269 e. The SMILES string of the molecule is CC1CCCCC1N(C)C(=O)Cn1cc(-c2ccccc2)ncc1=O. The second-order valence-corrected chi connectivity index (χ2v) is 6.94. The van der Waals surface area contributed by atoms with Crippen molar-refractivity contribution < 1.29 is 4.79 Å². The zero-order valence-corrected chi connectivity index (χ0v) is 14.9. The van der Waals surface area contributed by atoms with E-state index in [4.69, 9.17) is 0 Å². The number of hydrogen-bond acceptors (Lipinski definition) is 3. The van der Waals surface area contributed by atoms with Crippen LogP contribution in [-0.2, 0) is 11.3 Å². The number of benzene rings is 1. The van der Waals surface area contributed by atoms with Crippen LogP contribution in [0, 0.1) is 5.92 Å². The third kappa shape index (κ3) is 3.98. The molecule has 1 aliphatic carbocycles. The number of aromatic nitrogens is 2. The Bertz CT molecular complexity index is 785. The fourth-order valence-corrected chi connectivity index (χ4v) is 3.64. The van der Waals surface area contributed by atoms with Gasteiger partial charge < -0.3 is 9.47 Å². The van der Waals surface area contributed by atoms with Gasteiger partial charge in [-0.05, 0) is 18.8 Å². The highest BCUT2D eigenvalue weighted by atomic mass is 16.2. The molecule has 1 amide bonds. The molecule has 0 saturated heterocycles. The molecule has 2 aromatic rings. The summed E-state index contributed by atoms with van der Waals surface area (Å²) in [6.45, 7) is 2.26. The van der Waals surface area contributed by atoms with E-state index >= 15 is 0 Å². The van der Waals surface area contributed by atoms with Gasteiger partial charge >= 0.3 is 0 Å². The van der Waals surface area contributed by atoms with Crippen molar-refractivity contribution in [3.8, 4) is 11.3 Å². The first kappa shape index (κ1) is 17.4. The van der Waals surface area contributed by atoms with Gasteiger partial charge in [0, 0.05) is 24.8 Å². The highest BCUT2D eigenvalue weighted by molar-refractivity contribution is 5.76. The molecule has 0 radical (unpaired) electrons. The maximum atomic E-state index is 12.7. The summed E-state index contributed by atoms with van der Waals surface area (Å²) in [6, 6.07) is 9.94. The minimum atomic E-state index is -0.252. The summed E-state index contributed by atoms with van der Waals surface area (Å²) >= 11 is 0. The molecule has 1 saturated carbocycles.